The van der Waals surface area contributed by atoms with Gasteiger partial charge in [0.25, 0.3) is 5.91 Å². The first kappa shape index (κ1) is 18.2. The number of carbonyl (C=O) groups is 2. The van der Waals surface area contributed by atoms with Crippen molar-refractivity contribution in [2.45, 2.75) is 26.2 Å². The van der Waals surface area contributed by atoms with Crippen molar-refractivity contribution in [2.75, 3.05) is 11.9 Å². The van der Waals surface area contributed by atoms with Crippen molar-refractivity contribution in [1.82, 2.24) is 0 Å². The number of hydrogen-bond acceptors (Lipinski definition) is 3. The highest BCUT2D eigenvalue weighted by molar-refractivity contribution is 9.10. The van der Waals surface area contributed by atoms with E-state index in [1.807, 2.05) is 56.3 Å². The maximum Gasteiger partial charge on any atom is 0.306 e. The average molecular weight is 390 g/mol. The lowest BCUT2D eigenvalue weighted by atomic mass is 9.98. The molecule has 0 unspecified atom stereocenters. The Balaban J connectivity index is 1.80. The van der Waals surface area contributed by atoms with Crippen molar-refractivity contribution < 1.29 is 14.3 Å². The Labute approximate surface area is 150 Å². The van der Waals surface area contributed by atoms with Crippen LogP contribution in [0.1, 0.15) is 30.4 Å². The Morgan fingerprint density at radius 2 is 1.88 bits per heavy atom. The van der Waals surface area contributed by atoms with Crippen molar-refractivity contribution in [3.05, 3.63) is 64.1 Å². The molecule has 126 valence electrons. The number of aryl methyl sites for hydroxylation is 1. The van der Waals surface area contributed by atoms with Gasteiger partial charge in [-0.25, -0.2) is 0 Å². The third kappa shape index (κ3) is 5.49. The Morgan fingerprint density at radius 3 is 2.54 bits per heavy atom. The summed E-state index contributed by atoms with van der Waals surface area (Å²) in [7, 11) is 0. The standard InChI is InChI=1S/C19H20BrNO3/c1-13(15-6-4-3-5-7-15)11-19(23)24-12-18(22)21-17-9-8-16(20)10-14(17)2/h3-10,13H,11-12H2,1-2H3,(H,21,22)/t13-/m0/s1. The summed E-state index contributed by atoms with van der Waals surface area (Å²) in [6.45, 7) is 3.58. The smallest absolute Gasteiger partial charge is 0.306 e. The molecule has 0 aliphatic heterocycles. The molecule has 1 N–H and O–H groups in total. The summed E-state index contributed by atoms with van der Waals surface area (Å²) in [6.07, 6.45) is 0.245. The van der Waals surface area contributed by atoms with Crippen molar-refractivity contribution in [2.24, 2.45) is 0 Å². The molecule has 24 heavy (non-hydrogen) atoms. The maximum atomic E-state index is 11.9. The average Bonchev–Trinajstić information content (AvgIpc) is 2.56. The van der Waals surface area contributed by atoms with E-state index in [2.05, 4.69) is 21.2 Å². The third-order valence-corrected chi connectivity index (χ3v) is 4.16. The van der Waals surface area contributed by atoms with E-state index < -0.39 is 0 Å². The molecule has 0 fully saturated rings. The monoisotopic (exact) mass is 389 g/mol. The van der Waals surface area contributed by atoms with E-state index >= 15 is 0 Å². The number of amides is 1. The number of rotatable bonds is 6. The van der Waals surface area contributed by atoms with Gasteiger partial charge in [-0.2, -0.15) is 0 Å². The molecule has 2 rings (SSSR count). The van der Waals surface area contributed by atoms with Crippen LogP contribution in [0.15, 0.2) is 53.0 Å². The predicted octanol–water partition coefficient (Wildman–Crippen LogP) is 4.43. The Bertz CT molecular complexity index is 716. The molecule has 1 amide bonds. The van der Waals surface area contributed by atoms with E-state index in [0.29, 0.717) is 5.69 Å². The summed E-state index contributed by atoms with van der Waals surface area (Å²) in [6, 6.07) is 15.3. The van der Waals surface area contributed by atoms with Crippen molar-refractivity contribution in [3.8, 4) is 0 Å². The minimum atomic E-state index is -0.381. The van der Waals surface area contributed by atoms with Crippen LogP contribution in [0.4, 0.5) is 5.69 Å². The fraction of sp³-hybridized carbons (Fsp3) is 0.263. The SMILES string of the molecule is Cc1cc(Br)ccc1NC(=O)COC(=O)C[C@H](C)c1ccccc1. The van der Waals surface area contributed by atoms with Crippen LogP contribution in [-0.4, -0.2) is 18.5 Å². The Morgan fingerprint density at radius 1 is 1.17 bits per heavy atom. The molecule has 0 aliphatic carbocycles. The predicted molar refractivity (Wildman–Crippen MR) is 97.9 cm³/mol. The van der Waals surface area contributed by atoms with Crippen molar-refractivity contribution >= 4 is 33.5 Å². The molecule has 0 aliphatic rings. The van der Waals surface area contributed by atoms with Gasteiger partial charge in [-0.05, 0) is 42.2 Å². The lowest BCUT2D eigenvalue weighted by molar-refractivity contribution is -0.147. The van der Waals surface area contributed by atoms with Crippen LogP contribution >= 0.6 is 15.9 Å². The van der Waals surface area contributed by atoms with Gasteiger partial charge in [0.1, 0.15) is 0 Å². The minimum absolute atomic E-state index is 0.0514. The van der Waals surface area contributed by atoms with Gasteiger partial charge < -0.3 is 10.1 Å². The van der Waals surface area contributed by atoms with E-state index in [4.69, 9.17) is 4.74 Å². The van der Waals surface area contributed by atoms with E-state index in [-0.39, 0.29) is 30.8 Å². The zero-order valence-electron chi connectivity index (χ0n) is 13.7. The number of hydrogen-bond donors (Lipinski definition) is 1. The first-order valence-electron chi connectivity index (χ1n) is 7.72. The molecule has 0 aromatic heterocycles. The minimum Gasteiger partial charge on any atom is -0.456 e. The van der Waals surface area contributed by atoms with Gasteiger partial charge in [-0.3, -0.25) is 9.59 Å². The summed E-state index contributed by atoms with van der Waals surface area (Å²) in [5, 5.41) is 2.74. The van der Waals surface area contributed by atoms with E-state index in [1.54, 1.807) is 6.07 Å². The summed E-state index contributed by atoms with van der Waals surface area (Å²) >= 11 is 3.37. The topological polar surface area (TPSA) is 55.4 Å². The Kier molecular flexibility index (Phi) is 6.55. The van der Waals surface area contributed by atoms with Crippen molar-refractivity contribution in [1.29, 1.82) is 0 Å². The number of esters is 1. The first-order chi connectivity index (χ1) is 11.5. The molecule has 5 heteroatoms. The second-order valence-electron chi connectivity index (χ2n) is 5.68. The van der Waals surface area contributed by atoms with E-state index in [9.17, 15) is 9.59 Å². The molecule has 2 aromatic carbocycles. The molecular weight excluding hydrogens is 370 g/mol. The van der Waals surface area contributed by atoms with E-state index in [0.717, 1.165) is 15.6 Å². The summed E-state index contributed by atoms with van der Waals surface area (Å²) in [4.78, 5) is 23.8. The van der Waals surface area contributed by atoms with Gasteiger partial charge in [-0.1, -0.05) is 53.2 Å². The molecule has 0 radical (unpaired) electrons. The number of ether oxygens (including phenoxy) is 1. The summed E-state index contributed by atoms with van der Waals surface area (Å²) in [5.41, 5.74) is 2.71. The lowest BCUT2D eigenvalue weighted by Gasteiger charge is -2.12. The number of nitrogens with one attached hydrogen (secondary N) is 1. The highest BCUT2D eigenvalue weighted by atomic mass is 79.9. The molecule has 2 aromatic rings. The number of benzene rings is 2. The fourth-order valence-electron chi connectivity index (χ4n) is 2.31. The summed E-state index contributed by atoms with van der Waals surface area (Å²) in [5.74, 6) is -0.675. The first-order valence-corrected chi connectivity index (χ1v) is 8.51. The molecule has 0 saturated carbocycles. The van der Waals surface area contributed by atoms with Gasteiger partial charge in [0.15, 0.2) is 6.61 Å². The van der Waals surface area contributed by atoms with Crippen LogP contribution in [-0.2, 0) is 14.3 Å². The zero-order chi connectivity index (χ0) is 17.5. The van der Waals surface area contributed by atoms with Crippen LogP contribution in [0.3, 0.4) is 0 Å². The molecule has 0 heterocycles. The normalized spacial score (nSPS) is 11.6. The molecule has 0 bridgehead atoms. The van der Waals surface area contributed by atoms with Crippen LogP contribution < -0.4 is 5.32 Å². The van der Waals surface area contributed by atoms with Crippen LogP contribution in [0.2, 0.25) is 0 Å². The van der Waals surface area contributed by atoms with Crippen LogP contribution in [0, 0.1) is 6.92 Å². The quantitative estimate of drug-likeness (QED) is 0.743. The summed E-state index contributed by atoms with van der Waals surface area (Å²) < 4.78 is 6.02. The highest BCUT2D eigenvalue weighted by Gasteiger charge is 2.14. The number of anilines is 1. The third-order valence-electron chi connectivity index (χ3n) is 3.67. The van der Waals surface area contributed by atoms with Gasteiger partial charge in [0.05, 0.1) is 6.42 Å². The maximum absolute atomic E-state index is 11.9. The van der Waals surface area contributed by atoms with Crippen LogP contribution in [0.25, 0.3) is 0 Å². The number of carbonyl (C=O) groups excluding carboxylic acids is 2. The second-order valence-corrected chi connectivity index (χ2v) is 6.60. The van der Waals surface area contributed by atoms with Gasteiger partial charge in [0, 0.05) is 10.2 Å². The van der Waals surface area contributed by atoms with Crippen molar-refractivity contribution in [3.63, 3.8) is 0 Å². The highest BCUT2D eigenvalue weighted by Crippen LogP contribution is 2.20. The molecule has 0 spiro atoms. The lowest BCUT2D eigenvalue weighted by Crippen LogP contribution is -2.21. The number of halogens is 1. The zero-order valence-corrected chi connectivity index (χ0v) is 15.3. The molecule has 0 saturated heterocycles. The largest absolute Gasteiger partial charge is 0.456 e. The van der Waals surface area contributed by atoms with E-state index in [1.165, 1.54) is 0 Å². The molecule has 4 nitrogen and oxygen atoms in total. The molecular formula is C19H20BrNO3. The fourth-order valence-corrected chi connectivity index (χ4v) is 2.78. The van der Waals surface area contributed by atoms with Gasteiger partial charge >= 0.3 is 5.97 Å². The second kappa shape index (κ2) is 8.64. The van der Waals surface area contributed by atoms with Crippen LogP contribution in [0.5, 0.6) is 0 Å². The molecule has 1 atom stereocenters. The van der Waals surface area contributed by atoms with Gasteiger partial charge in [-0.15, -0.1) is 0 Å². The van der Waals surface area contributed by atoms with Gasteiger partial charge in [0.2, 0.25) is 0 Å². The Hall–Kier alpha value is -2.14.